The number of likely N-dealkylation sites (N-methyl/N-ethyl adjacent to an activating group) is 1. The Morgan fingerprint density at radius 1 is 1.07 bits per heavy atom. The number of carbonyl (C=O) groups is 1. The summed E-state index contributed by atoms with van der Waals surface area (Å²) in [6.07, 6.45) is 1.76. The van der Waals surface area contributed by atoms with Gasteiger partial charge in [0.2, 0.25) is 10.0 Å². The predicted octanol–water partition coefficient (Wildman–Crippen LogP) is 3.26. The van der Waals surface area contributed by atoms with Crippen LogP contribution in [-0.2, 0) is 10.0 Å². The summed E-state index contributed by atoms with van der Waals surface area (Å²) in [6, 6.07) is 15.6. The van der Waals surface area contributed by atoms with Gasteiger partial charge in [-0.15, -0.1) is 0 Å². The van der Waals surface area contributed by atoms with Crippen LogP contribution < -0.4 is 4.74 Å². The highest BCUT2D eigenvalue weighted by atomic mass is 32.2. The van der Waals surface area contributed by atoms with Crippen molar-refractivity contribution in [1.82, 2.24) is 9.21 Å². The quantitative estimate of drug-likeness (QED) is 0.695. The molecule has 0 aromatic heterocycles. The number of piperidine rings is 1. The Kier molecular flexibility index (Phi) is 6.92. The van der Waals surface area contributed by atoms with Gasteiger partial charge in [-0.2, -0.15) is 4.31 Å². The van der Waals surface area contributed by atoms with E-state index >= 15 is 0 Å². The Morgan fingerprint density at radius 2 is 1.69 bits per heavy atom. The molecule has 1 fully saturated rings. The average molecular weight is 417 g/mol. The van der Waals surface area contributed by atoms with Crippen LogP contribution in [0.5, 0.6) is 5.75 Å². The van der Waals surface area contributed by atoms with Gasteiger partial charge in [-0.25, -0.2) is 8.42 Å². The molecular weight excluding hydrogens is 388 g/mol. The molecule has 0 atom stereocenters. The monoisotopic (exact) mass is 416 g/mol. The molecule has 3 rings (SSSR count). The van der Waals surface area contributed by atoms with Crippen molar-refractivity contribution < 1.29 is 17.9 Å². The molecule has 1 aliphatic heterocycles. The highest BCUT2D eigenvalue weighted by molar-refractivity contribution is 7.89. The number of nitrogens with zero attached hydrogens (tertiary/aromatic N) is 2. The summed E-state index contributed by atoms with van der Waals surface area (Å²) in [6.45, 7) is 4.06. The van der Waals surface area contributed by atoms with Crippen LogP contribution in [0.2, 0.25) is 0 Å². The molecule has 7 heteroatoms. The summed E-state index contributed by atoms with van der Waals surface area (Å²) in [4.78, 5) is 14.4. The topological polar surface area (TPSA) is 66.9 Å². The second-order valence-electron chi connectivity index (χ2n) is 7.50. The van der Waals surface area contributed by atoms with Crippen molar-refractivity contribution in [2.24, 2.45) is 5.92 Å². The van der Waals surface area contributed by atoms with E-state index in [0.29, 0.717) is 37.7 Å². The van der Waals surface area contributed by atoms with Crippen LogP contribution in [0.4, 0.5) is 0 Å². The van der Waals surface area contributed by atoms with Crippen LogP contribution >= 0.6 is 0 Å². The van der Waals surface area contributed by atoms with E-state index in [1.54, 1.807) is 24.1 Å². The van der Waals surface area contributed by atoms with Crippen LogP contribution in [0.1, 0.15) is 30.1 Å². The lowest BCUT2D eigenvalue weighted by Crippen LogP contribution is -2.37. The lowest BCUT2D eigenvalue weighted by molar-refractivity contribution is 0.0773. The summed E-state index contributed by atoms with van der Waals surface area (Å²) in [7, 11) is -1.80. The molecule has 2 aromatic rings. The van der Waals surface area contributed by atoms with Gasteiger partial charge in [0, 0.05) is 25.7 Å². The van der Waals surface area contributed by atoms with E-state index in [1.807, 2.05) is 30.3 Å². The summed E-state index contributed by atoms with van der Waals surface area (Å²) in [5.74, 6) is 1.15. The molecule has 156 valence electrons. The van der Waals surface area contributed by atoms with Gasteiger partial charge in [-0.3, -0.25) is 4.79 Å². The predicted molar refractivity (Wildman–Crippen MR) is 112 cm³/mol. The van der Waals surface area contributed by atoms with Gasteiger partial charge in [-0.05, 0) is 55.2 Å². The van der Waals surface area contributed by atoms with Crippen LogP contribution in [0.25, 0.3) is 0 Å². The highest BCUT2D eigenvalue weighted by Crippen LogP contribution is 2.23. The van der Waals surface area contributed by atoms with Gasteiger partial charge >= 0.3 is 0 Å². The third-order valence-electron chi connectivity index (χ3n) is 5.27. The SMILES string of the molecule is CC1CCN(S(=O)(=O)c2ccc(C(=O)N(C)CCOc3ccccc3)cc2)CC1. The van der Waals surface area contributed by atoms with Crippen molar-refractivity contribution in [3.8, 4) is 5.75 Å². The molecule has 1 heterocycles. The number of hydrogen-bond acceptors (Lipinski definition) is 4. The molecule has 0 unspecified atom stereocenters. The standard InChI is InChI=1S/C22H28N2O4S/c1-18-12-14-24(15-13-18)29(26,27)21-10-8-19(9-11-21)22(25)23(2)16-17-28-20-6-4-3-5-7-20/h3-11,18H,12-17H2,1-2H3. The lowest BCUT2D eigenvalue weighted by atomic mass is 10.0. The van der Waals surface area contributed by atoms with E-state index in [2.05, 4.69) is 6.92 Å². The van der Waals surface area contributed by atoms with Crippen molar-refractivity contribution in [3.05, 3.63) is 60.2 Å². The summed E-state index contributed by atoms with van der Waals surface area (Å²) >= 11 is 0. The smallest absolute Gasteiger partial charge is 0.253 e. The van der Waals surface area contributed by atoms with E-state index in [0.717, 1.165) is 18.6 Å². The maximum absolute atomic E-state index is 12.8. The number of hydrogen-bond donors (Lipinski definition) is 0. The van der Waals surface area contributed by atoms with Crippen LogP contribution in [0.15, 0.2) is 59.5 Å². The first-order valence-electron chi connectivity index (χ1n) is 9.91. The third kappa shape index (κ3) is 5.36. The second kappa shape index (κ2) is 9.41. The largest absolute Gasteiger partial charge is 0.492 e. The Balaban J connectivity index is 1.57. The zero-order valence-corrected chi connectivity index (χ0v) is 17.8. The van der Waals surface area contributed by atoms with Crippen LogP contribution in [-0.4, -0.2) is 56.8 Å². The first-order chi connectivity index (χ1) is 13.9. The molecule has 0 N–H and O–H groups in total. The van der Waals surface area contributed by atoms with E-state index in [9.17, 15) is 13.2 Å². The van der Waals surface area contributed by atoms with Gasteiger partial charge in [0.15, 0.2) is 0 Å². The van der Waals surface area contributed by atoms with Crippen LogP contribution in [0, 0.1) is 5.92 Å². The molecular formula is C22H28N2O4S. The molecule has 1 aliphatic rings. The normalized spacial score (nSPS) is 15.8. The molecule has 6 nitrogen and oxygen atoms in total. The minimum Gasteiger partial charge on any atom is -0.492 e. The van der Waals surface area contributed by atoms with Crippen molar-refractivity contribution in [3.63, 3.8) is 0 Å². The fourth-order valence-corrected chi connectivity index (χ4v) is 4.75. The summed E-state index contributed by atoms with van der Waals surface area (Å²) in [5, 5.41) is 0. The van der Waals surface area contributed by atoms with Crippen molar-refractivity contribution in [1.29, 1.82) is 0 Å². The minimum absolute atomic E-state index is 0.169. The number of benzene rings is 2. The fourth-order valence-electron chi connectivity index (χ4n) is 3.28. The van der Waals surface area contributed by atoms with Gasteiger partial charge < -0.3 is 9.64 Å². The Bertz CT molecular complexity index is 906. The van der Waals surface area contributed by atoms with Crippen molar-refractivity contribution >= 4 is 15.9 Å². The van der Waals surface area contributed by atoms with Gasteiger partial charge in [-0.1, -0.05) is 25.1 Å². The number of para-hydroxylation sites is 1. The molecule has 2 aromatic carbocycles. The van der Waals surface area contributed by atoms with Crippen LogP contribution in [0.3, 0.4) is 0 Å². The van der Waals surface area contributed by atoms with E-state index in [-0.39, 0.29) is 10.8 Å². The number of amides is 1. The Morgan fingerprint density at radius 3 is 2.31 bits per heavy atom. The molecule has 1 saturated heterocycles. The molecule has 0 saturated carbocycles. The molecule has 0 spiro atoms. The lowest BCUT2D eigenvalue weighted by Gasteiger charge is -2.29. The molecule has 1 amide bonds. The maximum Gasteiger partial charge on any atom is 0.253 e. The molecule has 0 bridgehead atoms. The van der Waals surface area contributed by atoms with E-state index < -0.39 is 10.0 Å². The Labute approximate surface area is 173 Å². The Hall–Kier alpha value is -2.38. The second-order valence-corrected chi connectivity index (χ2v) is 9.44. The van der Waals surface area contributed by atoms with E-state index in [4.69, 9.17) is 4.74 Å². The number of ether oxygens (including phenoxy) is 1. The third-order valence-corrected chi connectivity index (χ3v) is 7.18. The first-order valence-corrected chi connectivity index (χ1v) is 11.4. The van der Waals surface area contributed by atoms with E-state index in [1.165, 1.54) is 16.4 Å². The van der Waals surface area contributed by atoms with Gasteiger partial charge in [0.05, 0.1) is 11.4 Å². The zero-order valence-electron chi connectivity index (χ0n) is 17.0. The fraction of sp³-hybridized carbons (Fsp3) is 0.409. The summed E-state index contributed by atoms with van der Waals surface area (Å²) < 4.78 is 32.8. The first kappa shape index (κ1) is 21.3. The minimum atomic E-state index is -3.50. The highest BCUT2D eigenvalue weighted by Gasteiger charge is 2.28. The number of rotatable bonds is 7. The van der Waals surface area contributed by atoms with Gasteiger partial charge in [0.25, 0.3) is 5.91 Å². The van der Waals surface area contributed by atoms with Crippen molar-refractivity contribution in [2.75, 3.05) is 33.3 Å². The van der Waals surface area contributed by atoms with Gasteiger partial charge in [0.1, 0.15) is 12.4 Å². The number of carbonyl (C=O) groups excluding carboxylic acids is 1. The molecule has 0 aliphatic carbocycles. The van der Waals surface area contributed by atoms with Crippen molar-refractivity contribution in [2.45, 2.75) is 24.7 Å². The molecule has 29 heavy (non-hydrogen) atoms. The molecule has 0 radical (unpaired) electrons. The average Bonchev–Trinajstić information content (AvgIpc) is 2.74. The zero-order chi connectivity index (χ0) is 20.9. The maximum atomic E-state index is 12.8. The summed E-state index contributed by atoms with van der Waals surface area (Å²) in [5.41, 5.74) is 0.457. The number of sulfonamides is 1.